The van der Waals surface area contributed by atoms with Gasteiger partial charge in [-0.3, -0.25) is 4.98 Å². The van der Waals surface area contributed by atoms with Crippen LogP contribution in [0.25, 0.3) is 0 Å². The summed E-state index contributed by atoms with van der Waals surface area (Å²) in [5.74, 6) is 0. The molecule has 0 radical (unpaired) electrons. The van der Waals surface area contributed by atoms with Crippen LogP contribution in [0.1, 0.15) is 12.5 Å². The van der Waals surface area contributed by atoms with Crippen molar-refractivity contribution in [1.82, 2.24) is 10.3 Å². The number of nitrogens with one attached hydrogen (secondary N) is 1. The largest absolute Gasteiger partial charge is 0.306 e. The van der Waals surface area contributed by atoms with Gasteiger partial charge in [-0.05, 0) is 31.7 Å². The van der Waals surface area contributed by atoms with Crippen LogP contribution in [0.5, 0.6) is 0 Å². The molecule has 1 unspecified atom stereocenters. The van der Waals surface area contributed by atoms with Crippen LogP contribution in [0.3, 0.4) is 0 Å². The van der Waals surface area contributed by atoms with Gasteiger partial charge in [0.1, 0.15) is 5.54 Å². The molecule has 13 heavy (non-hydrogen) atoms. The van der Waals surface area contributed by atoms with E-state index in [1.54, 1.807) is 12.1 Å². The zero-order chi connectivity index (χ0) is 9.90. The molecule has 0 bridgehead atoms. The predicted molar refractivity (Wildman–Crippen MR) is 46.7 cm³/mol. The smallest absolute Gasteiger partial charge is 0.260 e. The molecule has 1 atom stereocenters. The van der Waals surface area contributed by atoms with Gasteiger partial charge in [-0.25, -0.2) is 8.78 Å². The molecule has 1 heterocycles. The summed E-state index contributed by atoms with van der Waals surface area (Å²) in [6.07, 6.45) is 0.570. The third-order valence-electron chi connectivity index (χ3n) is 2.24. The second-order valence-electron chi connectivity index (χ2n) is 2.99. The Morgan fingerprint density at radius 3 is 2.31 bits per heavy atom. The Balaban J connectivity index is 3.03. The van der Waals surface area contributed by atoms with Gasteiger partial charge < -0.3 is 5.32 Å². The minimum absolute atomic E-state index is 0.542. The molecule has 0 saturated heterocycles. The van der Waals surface area contributed by atoms with E-state index in [0.29, 0.717) is 5.56 Å². The molecule has 72 valence electrons. The van der Waals surface area contributed by atoms with Gasteiger partial charge >= 0.3 is 0 Å². The molecule has 0 aliphatic heterocycles. The Hall–Kier alpha value is -1.03. The van der Waals surface area contributed by atoms with E-state index in [4.69, 9.17) is 0 Å². The molecule has 0 aliphatic carbocycles. The summed E-state index contributed by atoms with van der Waals surface area (Å²) >= 11 is 0. The highest BCUT2D eigenvalue weighted by atomic mass is 19.3. The van der Waals surface area contributed by atoms with Gasteiger partial charge in [0.05, 0.1) is 0 Å². The molecule has 0 fully saturated rings. The fourth-order valence-electron chi connectivity index (χ4n) is 1.08. The topological polar surface area (TPSA) is 24.9 Å². The molecular weight excluding hydrogens is 174 g/mol. The number of alkyl halides is 2. The maximum Gasteiger partial charge on any atom is 0.260 e. The van der Waals surface area contributed by atoms with Crippen molar-refractivity contribution in [1.29, 1.82) is 0 Å². The van der Waals surface area contributed by atoms with Gasteiger partial charge in [0, 0.05) is 12.4 Å². The first-order valence-corrected chi connectivity index (χ1v) is 3.99. The van der Waals surface area contributed by atoms with Gasteiger partial charge in [0.25, 0.3) is 6.43 Å². The Morgan fingerprint density at radius 1 is 1.38 bits per heavy atom. The van der Waals surface area contributed by atoms with E-state index in [1.807, 2.05) is 0 Å². The Kier molecular flexibility index (Phi) is 2.93. The number of aromatic nitrogens is 1. The molecule has 1 rings (SSSR count). The summed E-state index contributed by atoms with van der Waals surface area (Å²) in [6.45, 7) is 1.47. The second kappa shape index (κ2) is 3.79. The van der Waals surface area contributed by atoms with Gasteiger partial charge in [0.2, 0.25) is 0 Å². The highest BCUT2D eigenvalue weighted by Gasteiger charge is 2.34. The van der Waals surface area contributed by atoms with Crippen molar-refractivity contribution in [2.75, 3.05) is 7.05 Å². The molecule has 1 aromatic heterocycles. The summed E-state index contributed by atoms with van der Waals surface area (Å²) < 4.78 is 25.4. The first-order valence-electron chi connectivity index (χ1n) is 3.99. The SMILES string of the molecule is CNC(C)(c1ccncc1)C(F)F. The number of hydrogen-bond donors (Lipinski definition) is 1. The molecule has 1 N–H and O–H groups in total. The Bertz CT molecular complexity index is 264. The lowest BCUT2D eigenvalue weighted by Gasteiger charge is -2.28. The third kappa shape index (κ3) is 1.83. The average Bonchev–Trinajstić information content (AvgIpc) is 2.17. The van der Waals surface area contributed by atoms with Crippen molar-refractivity contribution in [2.45, 2.75) is 18.9 Å². The summed E-state index contributed by atoms with van der Waals surface area (Å²) in [5.41, 5.74) is -0.747. The van der Waals surface area contributed by atoms with Crippen molar-refractivity contribution in [2.24, 2.45) is 0 Å². The van der Waals surface area contributed by atoms with E-state index < -0.39 is 12.0 Å². The molecular formula is C9H12F2N2. The maximum atomic E-state index is 12.7. The fourth-order valence-corrected chi connectivity index (χ4v) is 1.08. The highest BCUT2D eigenvalue weighted by molar-refractivity contribution is 5.21. The molecule has 0 aliphatic rings. The van der Waals surface area contributed by atoms with Crippen molar-refractivity contribution in [3.05, 3.63) is 30.1 Å². The first-order chi connectivity index (χ1) is 6.11. The van der Waals surface area contributed by atoms with Crippen LogP contribution in [-0.2, 0) is 5.54 Å². The lowest BCUT2D eigenvalue weighted by molar-refractivity contribution is 0.0431. The van der Waals surface area contributed by atoms with Gasteiger partial charge in [0.15, 0.2) is 0 Å². The molecule has 0 saturated carbocycles. The van der Waals surface area contributed by atoms with Crippen LogP contribution >= 0.6 is 0 Å². The fraction of sp³-hybridized carbons (Fsp3) is 0.444. The number of rotatable bonds is 3. The quantitative estimate of drug-likeness (QED) is 0.778. The lowest BCUT2D eigenvalue weighted by atomic mass is 9.94. The van der Waals surface area contributed by atoms with Crippen LogP contribution in [0.4, 0.5) is 8.78 Å². The number of halogens is 2. The second-order valence-corrected chi connectivity index (χ2v) is 2.99. The standard InChI is InChI=1S/C9H12F2N2/c1-9(12-2,8(10)11)7-3-5-13-6-4-7/h3-6,8,12H,1-2H3. The molecule has 0 spiro atoms. The van der Waals surface area contributed by atoms with Crippen LogP contribution < -0.4 is 5.32 Å². The molecule has 2 nitrogen and oxygen atoms in total. The first kappa shape index (κ1) is 10.1. The van der Waals surface area contributed by atoms with Crippen LogP contribution in [0.15, 0.2) is 24.5 Å². The molecule has 0 amide bonds. The number of pyridine rings is 1. The van der Waals surface area contributed by atoms with Crippen molar-refractivity contribution >= 4 is 0 Å². The van der Waals surface area contributed by atoms with E-state index in [1.165, 1.54) is 26.4 Å². The van der Waals surface area contributed by atoms with E-state index >= 15 is 0 Å². The van der Waals surface area contributed by atoms with E-state index in [-0.39, 0.29) is 0 Å². The average molecular weight is 186 g/mol. The summed E-state index contributed by atoms with van der Waals surface area (Å²) in [5, 5.41) is 2.62. The van der Waals surface area contributed by atoms with Crippen molar-refractivity contribution in [3.8, 4) is 0 Å². The van der Waals surface area contributed by atoms with E-state index in [2.05, 4.69) is 10.3 Å². The minimum atomic E-state index is -2.44. The van der Waals surface area contributed by atoms with E-state index in [0.717, 1.165) is 0 Å². The summed E-state index contributed by atoms with van der Waals surface area (Å²) in [4.78, 5) is 3.78. The zero-order valence-electron chi connectivity index (χ0n) is 7.59. The molecule has 4 heteroatoms. The lowest BCUT2D eigenvalue weighted by Crippen LogP contribution is -2.43. The highest BCUT2D eigenvalue weighted by Crippen LogP contribution is 2.26. The van der Waals surface area contributed by atoms with Crippen LogP contribution in [0.2, 0.25) is 0 Å². The Morgan fingerprint density at radius 2 is 1.92 bits per heavy atom. The Labute approximate surface area is 76.0 Å². The summed E-state index contributed by atoms with van der Waals surface area (Å²) in [7, 11) is 1.52. The van der Waals surface area contributed by atoms with Gasteiger partial charge in [-0.1, -0.05) is 0 Å². The van der Waals surface area contributed by atoms with Crippen molar-refractivity contribution in [3.63, 3.8) is 0 Å². The van der Waals surface area contributed by atoms with Gasteiger partial charge in [-0.15, -0.1) is 0 Å². The monoisotopic (exact) mass is 186 g/mol. The predicted octanol–water partition coefficient (Wildman–Crippen LogP) is 1.78. The minimum Gasteiger partial charge on any atom is -0.306 e. The van der Waals surface area contributed by atoms with Crippen molar-refractivity contribution < 1.29 is 8.78 Å². The third-order valence-corrected chi connectivity index (χ3v) is 2.24. The molecule has 0 aromatic carbocycles. The van der Waals surface area contributed by atoms with Crippen LogP contribution in [-0.4, -0.2) is 18.5 Å². The van der Waals surface area contributed by atoms with Crippen LogP contribution in [0, 0.1) is 0 Å². The summed E-state index contributed by atoms with van der Waals surface area (Å²) in [6, 6.07) is 3.17. The molecule has 1 aromatic rings. The van der Waals surface area contributed by atoms with E-state index in [9.17, 15) is 8.78 Å². The zero-order valence-corrected chi connectivity index (χ0v) is 7.59. The van der Waals surface area contributed by atoms with Gasteiger partial charge in [-0.2, -0.15) is 0 Å². The number of hydrogen-bond acceptors (Lipinski definition) is 2. The number of nitrogens with zero attached hydrogens (tertiary/aromatic N) is 1. The maximum absolute atomic E-state index is 12.7. The normalized spacial score (nSPS) is 15.8.